The van der Waals surface area contributed by atoms with E-state index in [1.807, 2.05) is 12.3 Å². The zero-order valence-electron chi connectivity index (χ0n) is 13.9. The second-order valence-electron chi connectivity index (χ2n) is 6.41. The van der Waals surface area contributed by atoms with E-state index in [2.05, 4.69) is 51.7 Å². The zero-order chi connectivity index (χ0) is 16.5. The van der Waals surface area contributed by atoms with Crippen LogP contribution in [-0.4, -0.2) is 38.8 Å². The lowest BCUT2D eigenvalue weighted by Gasteiger charge is -2.19. The summed E-state index contributed by atoms with van der Waals surface area (Å²) in [5, 5.41) is 9.90. The quantitative estimate of drug-likeness (QED) is 0.802. The Morgan fingerprint density at radius 3 is 2.75 bits per heavy atom. The molecule has 3 heterocycles. The molecule has 0 unspecified atom stereocenters. The molecular formula is C19H22N4O. The van der Waals surface area contributed by atoms with E-state index >= 15 is 0 Å². The largest absolute Gasteiger partial charge is 0.391 e. The molecule has 1 fully saturated rings. The smallest absolute Gasteiger partial charge is 0.208 e. The number of anilines is 1. The third-order valence-electron chi connectivity index (χ3n) is 4.68. The highest BCUT2D eigenvalue weighted by Gasteiger charge is 2.25. The summed E-state index contributed by atoms with van der Waals surface area (Å²) in [6.45, 7) is 4.37. The van der Waals surface area contributed by atoms with Crippen LogP contribution in [0.3, 0.4) is 0 Å². The number of benzene rings is 1. The fourth-order valence-corrected chi connectivity index (χ4v) is 3.32. The summed E-state index contributed by atoms with van der Waals surface area (Å²) in [5.74, 6) is 0.908. The van der Waals surface area contributed by atoms with Gasteiger partial charge in [0.2, 0.25) is 5.95 Å². The highest BCUT2D eigenvalue weighted by atomic mass is 16.3. The van der Waals surface area contributed by atoms with Crippen LogP contribution in [0.5, 0.6) is 0 Å². The van der Waals surface area contributed by atoms with Crippen LogP contribution in [0.25, 0.3) is 11.2 Å². The van der Waals surface area contributed by atoms with Gasteiger partial charge in [-0.1, -0.05) is 37.3 Å². The first-order valence-electron chi connectivity index (χ1n) is 8.56. The minimum absolute atomic E-state index is 0.269. The summed E-state index contributed by atoms with van der Waals surface area (Å²) < 4.78 is 2.23. The molecule has 3 aromatic rings. The van der Waals surface area contributed by atoms with E-state index in [-0.39, 0.29) is 6.10 Å². The molecule has 5 nitrogen and oxygen atoms in total. The first-order chi connectivity index (χ1) is 11.7. The van der Waals surface area contributed by atoms with Crippen molar-refractivity contribution in [3.05, 3.63) is 53.7 Å². The van der Waals surface area contributed by atoms with Crippen molar-refractivity contribution in [1.82, 2.24) is 14.5 Å². The van der Waals surface area contributed by atoms with Crippen LogP contribution in [0.2, 0.25) is 0 Å². The van der Waals surface area contributed by atoms with Crippen molar-refractivity contribution in [1.29, 1.82) is 0 Å². The van der Waals surface area contributed by atoms with Crippen LogP contribution in [0.1, 0.15) is 24.5 Å². The standard InChI is InChI=1S/C19H22N4O/c1-2-14-10-17-18(20-11-14)21-19(22-9-8-16(24)13-22)23(17)12-15-6-4-3-5-7-15/h3-7,10-11,16,24H,2,8-9,12-13H2,1H3/t16-/m0/s1. The number of aliphatic hydroxyl groups is 1. The molecule has 5 heteroatoms. The number of nitrogens with zero attached hydrogens (tertiary/aromatic N) is 4. The number of β-amino-alcohol motifs (C(OH)–C–C–N with tert-alkyl or cyclic N) is 1. The van der Waals surface area contributed by atoms with Crippen LogP contribution < -0.4 is 4.90 Å². The van der Waals surface area contributed by atoms with Crippen LogP contribution >= 0.6 is 0 Å². The van der Waals surface area contributed by atoms with Gasteiger partial charge in [-0.15, -0.1) is 0 Å². The Bertz CT molecular complexity index is 843. The minimum Gasteiger partial charge on any atom is -0.391 e. The number of pyridine rings is 1. The van der Waals surface area contributed by atoms with Crippen molar-refractivity contribution >= 4 is 17.1 Å². The van der Waals surface area contributed by atoms with Gasteiger partial charge in [0.25, 0.3) is 0 Å². The fraction of sp³-hybridized carbons (Fsp3) is 0.368. The maximum absolute atomic E-state index is 9.90. The van der Waals surface area contributed by atoms with Crippen molar-refractivity contribution in [2.24, 2.45) is 0 Å². The molecule has 2 aromatic heterocycles. The van der Waals surface area contributed by atoms with Gasteiger partial charge in [0, 0.05) is 19.3 Å². The van der Waals surface area contributed by atoms with Crippen LogP contribution in [0, 0.1) is 0 Å². The van der Waals surface area contributed by atoms with Gasteiger partial charge >= 0.3 is 0 Å². The van der Waals surface area contributed by atoms with Crippen LogP contribution in [0.4, 0.5) is 5.95 Å². The molecule has 124 valence electrons. The van der Waals surface area contributed by atoms with Crippen LogP contribution in [-0.2, 0) is 13.0 Å². The van der Waals surface area contributed by atoms with E-state index in [1.54, 1.807) is 0 Å². The number of aryl methyl sites for hydroxylation is 1. The average molecular weight is 322 g/mol. The topological polar surface area (TPSA) is 54.2 Å². The fourth-order valence-electron chi connectivity index (χ4n) is 3.32. The van der Waals surface area contributed by atoms with Crippen molar-refractivity contribution in [2.45, 2.75) is 32.4 Å². The molecule has 0 spiro atoms. The Hall–Kier alpha value is -2.40. The summed E-state index contributed by atoms with van der Waals surface area (Å²) in [6.07, 6.45) is 3.39. The van der Waals surface area contributed by atoms with Gasteiger partial charge in [-0.2, -0.15) is 4.98 Å². The SMILES string of the molecule is CCc1cnc2nc(N3CC[C@H](O)C3)n(Cc3ccccc3)c2c1. The van der Waals surface area contributed by atoms with E-state index in [0.29, 0.717) is 6.54 Å². The van der Waals surface area contributed by atoms with Gasteiger partial charge in [0.1, 0.15) is 0 Å². The molecule has 0 aliphatic carbocycles. The lowest BCUT2D eigenvalue weighted by atomic mass is 10.2. The molecule has 0 radical (unpaired) electrons. The van der Waals surface area contributed by atoms with Gasteiger partial charge in [0.15, 0.2) is 5.65 Å². The number of aromatic nitrogens is 3. The predicted octanol–water partition coefficient (Wildman–Crippen LogP) is 2.61. The van der Waals surface area contributed by atoms with Crippen molar-refractivity contribution in [3.8, 4) is 0 Å². The maximum Gasteiger partial charge on any atom is 0.208 e. The second kappa shape index (κ2) is 6.24. The van der Waals surface area contributed by atoms with Gasteiger partial charge in [-0.3, -0.25) is 0 Å². The number of hydrogen-bond donors (Lipinski definition) is 1. The molecule has 0 amide bonds. The van der Waals surface area contributed by atoms with Gasteiger partial charge in [0.05, 0.1) is 18.2 Å². The Morgan fingerprint density at radius 1 is 1.21 bits per heavy atom. The Labute approximate surface area is 141 Å². The predicted molar refractivity (Wildman–Crippen MR) is 95.3 cm³/mol. The molecule has 0 bridgehead atoms. The number of rotatable bonds is 4. The number of aliphatic hydroxyl groups excluding tert-OH is 1. The lowest BCUT2D eigenvalue weighted by molar-refractivity contribution is 0.198. The van der Waals surface area contributed by atoms with Gasteiger partial charge in [-0.25, -0.2) is 4.98 Å². The monoisotopic (exact) mass is 322 g/mol. The Morgan fingerprint density at radius 2 is 2.04 bits per heavy atom. The highest BCUT2D eigenvalue weighted by Crippen LogP contribution is 2.26. The van der Waals surface area contributed by atoms with Gasteiger partial charge in [-0.05, 0) is 30.0 Å². The van der Waals surface area contributed by atoms with E-state index in [0.717, 1.165) is 43.0 Å². The van der Waals surface area contributed by atoms with E-state index in [4.69, 9.17) is 4.98 Å². The number of imidazole rings is 1. The minimum atomic E-state index is -0.269. The average Bonchev–Trinajstić information content (AvgIpc) is 3.19. The third kappa shape index (κ3) is 2.76. The van der Waals surface area contributed by atoms with Crippen LogP contribution in [0.15, 0.2) is 42.6 Å². The summed E-state index contributed by atoms with van der Waals surface area (Å²) in [5.41, 5.74) is 4.29. The van der Waals surface area contributed by atoms with E-state index in [9.17, 15) is 5.11 Å². The molecule has 24 heavy (non-hydrogen) atoms. The van der Waals surface area contributed by atoms with E-state index < -0.39 is 0 Å². The molecule has 1 aliphatic rings. The molecule has 1 saturated heterocycles. The number of fused-ring (bicyclic) bond motifs is 1. The van der Waals surface area contributed by atoms with Crippen molar-refractivity contribution < 1.29 is 5.11 Å². The van der Waals surface area contributed by atoms with E-state index in [1.165, 1.54) is 11.1 Å². The van der Waals surface area contributed by atoms with Crippen molar-refractivity contribution in [2.75, 3.05) is 18.0 Å². The molecule has 1 atom stereocenters. The molecule has 4 rings (SSSR count). The zero-order valence-corrected chi connectivity index (χ0v) is 13.9. The molecular weight excluding hydrogens is 300 g/mol. The maximum atomic E-state index is 9.90. The van der Waals surface area contributed by atoms with Crippen molar-refractivity contribution in [3.63, 3.8) is 0 Å². The van der Waals surface area contributed by atoms with Gasteiger partial charge < -0.3 is 14.6 Å². The normalized spacial score (nSPS) is 17.8. The summed E-state index contributed by atoms with van der Waals surface area (Å²) >= 11 is 0. The lowest BCUT2D eigenvalue weighted by Crippen LogP contribution is -2.25. The summed E-state index contributed by atoms with van der Waals surface area (Å²) in [7, 11) is 0. The Kier molecular flexibility index (Phi) is 3.94. The summed E-state index contributed by atoms with van der Waals surface area (Å²) in [6, 6.07) is 12.6. The first kappa shape index (κ1) is 15.1. The Balaban J connectivity index is 1.82. The molecule has 1 N–H and O–H groups in total. The third-order valence-corrected chi connectivity index (χ3v) is 4.68. The second-order valence-corrected chi connectivity index (χ2v) is 6.41. The molecule has 1 aliphatic heterocycles. The highest BCUT2D eigenvalue weighted by molar-refractivity contribution is 5.76. The molecule has 0 saturated carbocycles. The molecule has 1 aromatic carbocycles. The summed E-state index contributed by atoms with van der Waals surface area (Å²) in [4.78, 5) is 11.5. The first-order valence-corrected chi connectivity index (χ1v) is 8.56. The number of hydrogen-bond acceptors (Lipinski definition) is 4.